The van der Waals surface area contributed by atoms with E-state index < -0.39 is 8.07 Å². The summed E-state index contributed by atoms with van der Waals surface area (Å²) in [5.41, 5.74) is 9.71. The number of hydrogen-bond acceptors (Lipinski definition) is 4. The summed E-state index contributed by atoms with van der Waals surface area (Å²) < 4.78 is 6.08. The molecule has 0 aliphatic rings. The summed E-state index contributed by atoms with van der Waals surface area (Å²) in [5.74, 6) is 0. The maximum absolute atomic E-state index is 6.08. The van der Waals surface area contributed by atoms with E-state index in [-0.39, 0.29) is 25.5 Å². The number of nitrogens with zero attached hydrogens (tertiary/aromatic N) is 3. The number of hydrogen-bond donors (Lipinski definition) is 0. The molecule has 6 aromatic rings. The van der Waals surface area contributed by atoms with Gasteiger partial charge in [-0.1, -0.05) is 108 Å². The smallest absolute Gasteiger partial charge is 0.216 e. The van der Waals surface area contributed by atoms with Crippen molar-refractivity contribution in [3.63, 3.8) is 0 Å². The molecule has 49 heavy (non-hydrogen) atoms. The van der Waals surface area contributed by atoms with Gasteiger partial charge in [-0.25, -0.2) is 4.98 Å². The van der Waals surface area contributed by atoms with Crippen LogP contribution in [0.4, 0.5) is 0 Å². The molecule has 6 rings (SSSR count). The van der Waals surface area contributed by atoms with Crippen molar-refractivity contribution in [1.82, 2.24) is 15.0 Å². The molecule has 0 unspecified atom stereocenters. The fourth-order valence-electron chi connectivity index (χ4n) is 6.22. The first-order valence-corrected chi connectivity index (χ1v) is 20.8. The third kappa shape index (κ3) is 9.42. The Bertz CT molecular complexity index is 2000. The second kappa shape index (κ2) is 15.6. The molecule has 0 amide bonds. The molecule has 0 atom stereocenters. The van der Waals surface area contributed by atoms with Gasteiger partial charge >= 0.3 is 0 Å². The van der Waals surface area contributed by atoms with Crippen LogP contribution >= 0.6 is 0 Å². The van der Waals surface area contributed by atoms with Crippen molar-refractivity contribution in [2.24, 2.45) is 10.8 Å². The van der Waals surface area contributed by atoms with Crippen LogP contribution in [0.1, 0.15) is 71.2 Å². The van der Waals surface area contributed by atoms with E-state index >= 15 is 0 Å². The number of rotatable bonds is 8. The third-order valence-electron chi connectivity index (χ3n) is 9.36. The van der Waals surface area contributed by atoms with Crippen molar-refractivity contribution in [2.45, 2.75) is 93.8 Å². The fraction of sp³-hybridized carbons (Fsp3) is 0.372. The molecule has 0 N–H and O–H groups in total. The van der Waals surface area contributed by atoms with Gasteiger partial charge in [-0.2, -0.15) is 0 Å². The van der Waals surface area contributed by atoms with Crippen LogP contribution in [0.3, 0.4) is 0 Å². The van der Waals surface area contributed by atoms with Crippen molar-refractivity contribution in [3.05, 3.63) is 108 Å². The van der Waals surface area contributed by atoms with Gasteiger partial charge in [0.05, 0.1) is 13.7 Å². The first-order valence-electron chi connectivity index (χ1n) is 17.3. The van der Waals surface area contributed by atoms with Gasteiger partial charge in [-0.15, -0.1) is 54.1 Å². The fourth-order valence-corrected chi connectivity index (χ4v) is 7.79. The zero-order chi connectivity index (χ0) is 34.7. The summed E-state index contributed by atoms with van der Waals surface area (Å²) in [6.45, 7) is 23.0. The number of aryl methyl sites for hydroxylation is 1. The summed E-state index contributed by atoms with van der Waals surface area (Å²) in [5, 5.41) is 3.59. The second-order valence-electron chi connectivity index (χ2n) is 15.7. The molecule has 0 aliphatic carbocycles. The van der Waals surface area contributed by atoms with Gasteiger partial charge < -0.3 is 14.4 Å². The number of benzene rings is 2. The van der Waals surface area contributed by atoms with Gasteiger partial charge in [0.2, 0.25) is 5.71 Å². The average Bonchev–Trinajstić information content (AvgIpc) is 3.42. The van der Waals surface area contributed by atoms with Crippen molar-refractivity contribution >= 4 is 35.3 Å². The van der Waals surface area contributed by atoms with Gasteiger partial charge in [0.1, 0.15) is 0 Å². The van der Waals surface area contributed by atoms with Crippen molar-refractivity contribution in [2.75, 3.05) is 0 Å². The Morgan fingerprint density at radius 3 is 2.20 bits per heavy atom. The van der Waals surface area contributed by atoms with E-state index in [2.05, 4.69) is 126 Å². The molecule has 0 spiro atoms. The van der Waals surface area contributed by atoms with Gasteiger partial charge in [0.15, 0.2) is 0 Å². The first kappa shape index (κ1) is 38.4. The van der Waals surface area contributed by atoms with Crippen LogP contribution in [0.2, 0.25) is 19.6 Å². The Morgan fingerprint density at radius 2 is 1.55 bits per heavy atom. The van der Waals surface area contributed by atoms with Crippen LogP contribution < -0.4 is 5.19 Å². The van der Waals surface area contributed by atoms with Crippen LogP contribution in [0.25, 0.3) is 44.6 Å². The van der Waals surface area contributed by atoms with E-state index in [0.717, 1.165) is 57.4 Å². The Morgan fingerprint density at radius 1 is 0.796 bits per heavy atom. The topological polar surface area (TPSA) is 51.8 Å². The van der Waals surface area contributed by atoms with Crippen LogP contribution in [0.5, 0.6) is 0 Å². The predicted molar refractivity (Wildman–Crippen MR) is 205 cm³/mol. The van der Waals surface area contributed by atoms with E-state index in [4.69, 9.17) is 9.40 Å². The SMILES string of the molecule is CCC(C)(CC)Cc1cc(-c2[c-]cccc2)ncc1[Si](C)(C)C.Cc1ccc2c(n1)oc1c(-c3cc(CC(C)(C)C)ccn3)[c-]ccc12.[Ir]. The van der Waals surface area contributed by atoms with E-state index in [9.17, 15) is 0 Å². The minimum atomic E-state index is -1.40. The van der Waals surface area contributed by atoms with E-state index in [1.807, 2.05) is 43.5 Å². The van der Waals surface area contributed by atoms with Gasteiger partial charge in [-0.3, -0.25) is 0 Å². The van der Waals surface area contributed by atoms with E-state index in [1.54, 1.807) is 0 Å². The minimum Gasteiger partial charge on any atom is -0.486 e. The molecule has 2 aromatic carbocycles. The van der Waals surface area contributed by atoms with Crippen molar-refractivity contribution < 1.29 is 24.5 Å². The molecule has 0 bridgehead atoms. The Balaban J connectivity index is 0.000000217. The van der Waals surface area contributed by atoms with E-state index in [0.29, 0.717) is 11.1 Å². The Hall–Kier alpha value is -3.44. The van der Waals surface area contributed by atoms with Gasteiger partial charge in [-0.05, 0) is 65.4 Å². The molecule has 6 heteroatoms. The van der Waals surface area contributed by atoms with E-state index in [1.165, 1.54) is 29.2 Å². The predicted octanol–water partition coefficient (Wildman–Crippen LogP) is 11.2. The summed E-state index contributed by atoms with van der Waals surface area (Å²) in [6, 6.07) is 29.3. The molecule has 0 aliphatic heterocycles. The number of pyridine rings is 3. The summed E-state index contributed by atoms with van der Waals surface area (Å²) in [7, 11) is -1.40. The van der Waals surface area contributed by atoms with Crippen molar-refractivity contribution in [1.29, 1.82) is 0 Å². The van der Waals surface area contributed by atoms with Crippen LogP contribution in [0, 0.1) is 29.9 Å². The number of furan rings is 1. The molecular formula is C43H51IrN3OSi-2. The monoisotopic (exact) mass is 846 g/mol. The molecule has 4 nitrogen and oxygen atoms in total. The summed E-state index contributed by atoms with van der Waals surface area (Å²) >= 11 is 0. The quantitative estimate of drug-likeness (QED) is 0.113. The molecule has 1 radical (unpaired) electrons. The molecular weight excluding hydrogens is 795 g/mol. The zero-order valence-electron chi connectivity index (χ0n) is 30.9. The molecule has 4 aromatic heterocycles. The summed E-state index contributed by atoms with van der Waals surface area (Å²) in [4.78, 5) is 13.8. The largest absolute Gasteiger partial charge is 0.486 e. The normalized spacial score (nSPS) is 12.0. The standard InChI is InChI=1S/C22H21N2O.C21H30NSi.Ir/c1-14-8-9-17-16-6-5-7-18(20(16)25-21(17)24-14)19-12-15(10-11-23-19)13-22(2,3)4;1-7-21(3,8-2)15-18-14-19(17-12-10-9-11-13-17)22-16-20(18)23(4,5)6;/h5-6,8-12H,13H2,1-4H3;9-12,14,16H,7-8,15H2,1-6H3;/q2*-1;. The minimum absolute atomic E-state index is 0. The first-order chi connectivity index (χ1) is 22.7. The average molecular weight is 846 g/mol. The molecule has 0 saturated heterocycles. The summed E-state index contributed by atoms with van der Waals surface area (Å²) in [6.07, 6.45) is 8.58. The van der Waals surface area contributed by atoms with Crippen LogP contribution in [0.15, 0.2) is 83.5 Å². The van der Waals surface area contributed by atoms with Crippen molar-refractivity contribution in [3.8, 4) is 22.5 Å². The molecule has 0 fully saturated rings. The molecule has 0 saturated carbocycles. The third-order valence-corrected chi connectivity index (χ3v) is 11.4. The number of aromatic nitrogens is 3. The number of fused-ring (bicyclic) bond motifs is 3. The van der Waals surface area contributed by atoms with Crippen LogP contribution in [-0.2, 0) is 32.9 Å². The van der Waals surface area contributed by atoms with Crippen LogP contribution in [-0.4, -0.2) is 23.0 Å². The Labute approximate surface area is 308 Å². The molecule has 4 heterocycles. The maximum atomic E-state index is 6.08. The second-order valence-corrected chi connectivity index (χ2v) is 20.8. The molecule has 259 valence electrons. The Kier molecular flexibility index (Phi) is 12.2. The maximum Gasteiger partial charge on any atom is 0.216 e. The zero-order valence-corrected chi connectivity index (χ0v) is 34.3. The van der Waals surface area contributed by atoms with Gasteiger partial charge in [0, 0.05) is 43.6 Å². The van der Waals surface area contributed by atoms with Gasteiger partial charge in [0.25, 0.3) is 0 Å².